The Hall–Kier alpha value is -0.970. The van der Waals surface area contributed by atoms with Crippen LogP contribution in [0.1, 0.15) is 26.2 Å². The van der Waals surface area contributed by atoms with Gasteiger partial charge in [-0.15, -0.1) is 0 Å². The first-order chi connectivity index (χ1) is 9.99. The number of hydrogen-bond donors (Lipinski definition) is 1. The summed E-state index contributed by atoms with van der Waals surface area (Å²) in [6.45, 7) is 3.04. The lowest BCUT2D eigenvalue weighted by Crippen LogP contribution is -2.48. The second kappa shape index (κ2) is 7.34. The Labute approximate surface area is 135 Å². The fourth-order valence-corrected chi connectivity index (χ4v) is 2.91. The molecule has 2 N–H and O–H groups in total. The third-order valence-electron chi connectivity index (χ3n) is 3.73. The van der Waals surface area contributed by atoms with E-state index in [1.54, 1.807) is 18.2 Å². The van der Waals surface area contributed by atoms with Gasteiger partial charge in [0, 0.05) is 18.6 Å². The van der Waals surface area contributed by atoms with Gasteiger partial charge in [0.15, 0.2) is 0 Å². The zero-order chi connectivity index (χ0) is 15.4. The number of carbonyl (C=O) groups is 1. The first-order valence-electron chi connectivity index (χ1n) is 7.11. The van der Waals surface area contributed by atoms with Gasteiger partial charge in [-0.1, -0.05) is 29.3 Å². The minimum absolute atomic E-state index is 0.0903. The van der Waals surface area contributed by atoms with Gasteiger partial charge in [0.25, 0.3) is 0 Å². The summed E-state index contributed by atoms with van der Waals surface area (Å²) in [5.74, 6) is 0.596. The molecule has 4 nitrogen and oxygen atoms in total. The van der Waals surface area contributed by atoms with E-state index in [1.807, 2.05) is 11.8 Å². The van der Waals surface area contributed by atoms with Crippen molar-refractivity contribution in [3.05, 3.63) is 28.2 Å². The van der Waals surface area contributed by atoms with Gasteiger partial charge >= 0.3 is 0 Å². The van der Waals surface area contributed by atoms with Gasteiger partial charge in [-0.25, -0.2) is 0 Å². The zero-order valence-corrected chi connectivity index (χ0v) is 13.5. The molecule has 21 heavy (non-hydrogen) atoms. The summed E-state index contributed by atoms with van der Waals surface area (Å²) in [7, 11) is 0. The maximum absolute atomic E-state index is 12.2. The predicted octanol–water partition coefficient (Wildman–Crippen LogP) is 3.10. The maximum Gasteiger partial charge on any atom is 0.226 e. The van der Waals surface area contributed by atoms with Crippen molar-refractivity contribution in [3.63, 3.8) is 0 Å². The molecule has 1 heterocycles. The number of ether oxygens (including phenoxy) is 1. The summed E-state index contributed by atoms with van der Waals surface area (Å²) in [5, 5.41) is 0.822. The molecule has 6 heteroatoms. The maximum atomic E-state index is 12.2. The largest absolute Gasteiger partial charge is 0.491 e. The molecule has 0 unspecified atom stereocenters. The lowest BCUT2D eigenvalue weighted by molar-refractivity contribution is -0.135. The van der Waals surface area contributed by atoms with Crippen molar-refractivity contribution in [1.82, 2.24) is 4.90 Å². The van der Waals surface area contributed by atoms with Crippen molar-refractivity contribution in [3.8, 4) is 5.75 Å². The molecule has 1 aliphatic heterocycles. The average molecular weight is 331 g/mol. The summed E-state index contributed by atoms with van der Waals surface area (Å²) < 4.78 is 5.55. The Morgan fingerprint density at radius 3 is 2.95 bits per heavy atom. The van der Waals surface area contributed by atoms with Crippen molar-refractivity contribution in [2.75, 3.05) is 13.2 Å². The lowest BCUT2D eigenvalue weighted by Gasteiger charge is -2.36. The van der Waals surface area contributed by atoms with Gasteiger partial charge < -0.3 is 15.4 Å². The molecule has 1 amide bonds. The van der Waals surface area contributed by atoms with Crippen LogP contribution in [0.15, 0.2) is 18.2 Å². The minimum Gasteiger partial charge on any atom is -0.491 e. The van der Waals surface area contributed by atoms with Gasteiger partial charge in [-0.05, 0) is 31.9 Å². The van der Waals surface area contributed by atoms with E-state index in [-0.39, 0.29) is 24.6 Å². The van der Waals surface area contributed by atoms with Gasteiger partial charge in [0.2, 0.25) is 5.91 Å². The third kappa shape index (κ3) is 4.25. The molecule has 0 bridgehead atoms. The van der Waals surface area contributed by atoms with Gasteiger partial charge in [0.1, 0.15) is 10.8 Å². The van der Waals surface area contributed by atoms with Crippen molar-refractivity contribution < 1.29 is 9.53 Å². The van der Waals surface area contributed by atoms with Crippen LogP contribution in [0.3, 0.4) is 0 Å². The van der Waals surface area contributed by atoms with Crippen LogP contribution in [0.25, 0.3) is 0 Å². The van der Waals surface area contributed by atoms with E-state index in [4.69, 9.17) is 33.7 Å². The molecule has 1 aromatic carbocycles. The fraction of sp³-hybridized carbons (Fsp3) is 0.533. The second-order valence-electron chi connectivity index (χ2n) is 5.37. The molecule has 2 atom stereocenters. The monoisotopic (exact) mass is 330 g/mol. The van der Waals surface area contributed by atoms with Crippen molar-refractivity contribution in [1.29, 1.82) is 0 Å². The third-order valence-corrected chi connectivity index (χ3v) is 4.53. The van der Waals surface area contributed by atoms with E-state index in [9.17, 15) is 4.79 Å². The number of benzene rings is 1. The summed E-state index contributed by atoms with van der Waals surface area (Å²) >= 11 is 11.9. The molecule has 1 fully saturated rings. The SMILES string of the molecule is C[C@H]1C[C@H](N)CCN1C(=O)CCOc1cccc(Cl)c1Cl. The number of halogens is 2. The van der Waals surface area contributed by atoms with Crippen LogP contribution in [0.5, 0.6) is 5.75 Å². The van der Waals surface area contributed by atoms with Gasteiger partial charge in [-0.2, -0.15) is 0 Å². The normalized spacial score (nSPS) is 22.2. The first kappa shape index (κ1) is 16.4. The standard InChI is InChI=1S/C15H20Cl2N2O2/c1-10-9-11(18)5-7-19(10)14(20)6-8-21-13-4-2-3-12(16)15(13)17/h2-4,10-11H,5-9,18H2,1H3/t10-,11+/m0/s1. The number of rotatable bonds is 4. The van der Waals surface area contributed by atoms with E-state index in [2.05, 4.69) is 0 Å². The van der Waals surface area contributed by atoms with Crippen LogP contribution in [0.4, 0.5) is 0 Å². The van der Waals surface area contributed by atoms with Crippen LogP contribution in [0.2, 0.25) is 10.0 Å². The molecule has 1 aliphatic rings. The Balaban J connectivity index is 1.83. The molecule has 0 aliphatic carbocycles. The molecule has 1 aromatic rings. The minimum atomic E-state index is 0.0903. The molecular weight excluding hydrogens is 311 g/mol. The van der Waals surface area contributed by atoms with E-state index >= 15 is 0 Å². The van der Waals surface area contributed by atoms with Gasteiger partial charge in [-0.3, -0.25) is 4.79 Å². The first-order valence-corrected chi connectivity index (χ1v) is 7.86. The van der Waals surface area contributed by atoms with E-state index in [0.717, 1.165) is 19.4 Å². The molecule has 2 rings (SSSR count). The topological polar surface area (TPSA) is 55.6 Å². The molecule has 116 valence electrons. The van der Waals surface area contributed by atoms with Crippen LogP contribution in [0, 0.1) is 0 Å². The summed E-state index contributed by atoms with van der Waals surface area (Å²) in [6.07, 6.45) is 2.03. The van der Waals surface area contributed by atoms with Crippen molar-refractivity contribution >= 4 is 29.1 Å². The number of piperidine rings is 1. The molecular formula is C15H20Cl2N2O2. The zero-order valence-electron chi connectivity index (χ0n) is 12.0. The Morgan fingerprint density at radius 1 is 1.48 bits per heavy atom. The smallest absolute Gasteiger partial charge is 0.226 e. The molecule has 1 saturated heterocycles. The van der Waals surface area contributed by atoms with Gasteiger partial charge in [0.05, 0.1) is 18.1 Å². The molecule has 0 radical (unpaired) electrons. The Morgan fingerprint density at radius 2 is 2.24 bits per heavy atom. The second-order valence-corrected chi connectivity index (χ2v) is 6.16. The van der Waals surface area contributed by atoms with Crippen molar-refractivity contribution in [2.45, 2.75) is 38.3 Å². The predicted molar refractivity (Wildman–Crippen MR) is 85.0 cm³/mol. The number of likely N-dealkylation sites (tertiary alicyclic amines) is 1. The number of hydrogen-bond acceptors (Lipinski definition) is 3. The molecule has 0 spiro atoms. The number of carbonyl (C=O) groups excluding carboxylic acids is 1. The highest BCUT2D eigenvalue weighted by atomic mass is 35.5. The fourth-order valence-electron chi connectivity index (χ4n) is 2.57. The number of amides is 1. The van der Waals surface area contributed by atoms with Crippen LogP contribution < -0.4 is 10.5 Å². The average Bonchev–Trinajstić information content (AvgIpc) is 2.43. The molecule has 0 aromatic heterocycles. The quantitative estimate of drug-likeness (QED) is 0.922. The Bertz CT molecular complexity index is 510. The highest BCUT2D eigenvalue weighted by Crippen LogP contribution is 2.31. The van der Waals surface area contributed by atoms with Crippen LogP contribution >= 0.6 is 23.2 Å². The van der Waals surface area contributed by atoms with E-state index < -0.39 is 0 Å². The Kier molecular flexibility index (Phi) is 5.73. The number of nitrogens with zero attached hydrogens (tertiary/aromatic N) is 1. The van der Waals surface area contributed by atoms with Crippen molar-refractivity contribution in [2.24, 2.45) is 5.73 Å². The van der Waals surface area contributed by atoms with Crippen LogP contribution in [-0.4, -0.2) is 36.0 Å². The highest BCUT2D eigenvalue weighted by Gasteiger charge is 2.26. The molecule has 0 saturated carbocycles. The summed E-state index contributed by atoms with van der Waals surface area (Å²) in [4.78, 5) is 14.1. The lowest BCUT2D eigenvalue weighted by atomic mass is 9.99. The summed E-state index contributed by atoms with van der Waals surface area (Å²) in [5.41, 5.74) is 5.90. The number of nitrogens with two attached hydrogens (primary N) is 1. The van der Waals surface area contributed by atoms with E-state index in [1.165, 1.54) is 0 Å². The van der Waals surface area contributed by atoms with E-state index in [0.29, 0.717) is 22.2 Å². The van der Waals surface area contributed by atoms with Crippen LogP contribution in [-0.2, 0) is 4.79 Å². The summed E-state index contributed by atoms with van der Waals surface area (Å²) in [6, 6.07) is 5.59. The highest BCUT2D eigenvalue weighted by molar-refractivity contribution is 6.42.